The maximum absolute atomic E-state index is 9.18. The van der Waals surface area contributed by atoms with Gasteiger partial charge in [0.1, 0.15) is 11.8 Å². The Balaban J connectivity index is 2.17. The molecule has 19 heavy (non-hydrogen) atoms. The number of methoxy groups -OCH3 is 1. The zero-order chi connectivity index (χ0) is 13.2. The molecule has 3 rings (SSSR count). The third-order valence-corrected chi connectivity index (χ3v) is 4.56. The van der Waals surface area contributed by atoms with E-state index in [1.54, 1.807) is 7.11 Å². The molecule has 0 fully saturated rings. The molecule has 0 spiro atoms. The first-order valence-electron chi connectivity index (χ1n) is 6.13. The molecule has 0 unspecified atom stereocenters. The van der Waals surface area contributed by atoms with Gasteiger partial charge in [-0.1, -0.05) is 24.3 Å². The van der Waals surface area contributed by atoms with Crippen LogP contribution >= 0.6 is 11.8 Å². The molecule has 1 aliphatic heterocycles. The van der Waals surface area contributed by atoms with Crippen molar-refractivity contribution in [2.24, 2.45) is 0 Å². The van der Waals surface area contributed by atoms with E-state index in [1.165, 1.54) is 16.0 Å². The van der Waals surface area contributed by atoms with Crippen molar-refractivity contribution in [2.45, 2.75) is 17.1 Å². The van der Waals surface area contributed by atoms with Gasteiger partial charge in [-0.25, -0.2) is 0 Å². The van der Waals surface area contributed by atoms with Crippen molar-refractivity contribution >= 4 is 11.8 Å². The summed E-state index contributed by atoms with van der Waals surface area (Å²) in [5.74, 6) is 1.70. The van der Waals surface area contributed by atoms with Gasteiger partial charge in [0.15, 0.2) is 0 Å². The lowest BCUT2D eigenvalue weighted by molar-refractivity contribution is 0.407. The maximum atomic E-state index is 9.18. The van der Waals surface area contributed by atoms with Crippen LogP contribution in [0.1, 0.15) is 22.3 Å². The summed E-state index contributed by atoms with van der Waals surface area (Å²) >= 11 is 1.81. The lowest BCUT2D eigenvalue weighted by Crippen LogP contribution is -1.98. The van der Waals surface area contributed by atoms with E-state index in [0.717, 1.165) is 23.5 Å². The van der Waals surface area contributed by atoms with E-state index < -0.39 is 0 Å². The van der Waals surface area contributed by atoms with Gasteiger partial charge in [-0.05, 0) is 23.3 Å². The standard InChI is InChI=1S/C16H13NOS/c1-18-16-12(9-17)6-7-15-14(16)8-11-4-2-3-5-13(11)10-19-15/h2-7H,8,10H2,1H3. The molecule has 1 aliphatic rings. The van der Waals surface area contributed by atoms with E-state index >= 15 is 0 Å². The number of hydrogen-bond donors (Lipinski definition) is 0. The first-order chi connectivity index (χ1) is 9.33. The molecule has 1 heterocycles. The SMILES string of the molecule is COc1c(C#N)ccc2c1Cc1ccccc1CS2. The molecule has 2 aromatic rings. The topological polar surface area (TPSA) is 33.0 Å². The summed E-state index contributed by atoms with van der Waals surface area (Å²) in [7, 11) is 1.64. The minimum absolute atomic E-state index is 0.612. The number of thioether (sulfide) groups is 1. The van der Waals surface area contributed by atoms with Crippen molar-refractivity contribution in [1.82, 2.24) is 0 Å². The van der Waals surface area contributed by atoms with Crippen LogP contribution in [0.4, 0.5) is 0 Å². The minimum atomic E-state index is 0.612. The van der Waals surface area contributed by atoms with Crippen molar-refractivity contribution in [3.8, 4) is 11.8 Å². The van der Waals surface area contributed by atoms with Crippen LogP contribution in [-0.4, -0.2) is 7.11 Å². The number of nitrogens with zero attached hydrogens (tertiary/aromatic N) is 1. The highest BCUT2D eigenvalue weighted by Crippen LogP contribution is 2.39. The zero-order valence-corrected chi connectivity index (χ0v) is 11.5. The van der Waals surface area contributed by atoms with Gasteiger partial charge in [-0.3, -0.25) is 0 Å². The zero-order valence-electron chi connectivity index (χ0n) is 10.6. The fourth-order valence-corrected chi connectivity index (χ4v) is 3.55. The summed E-state index contributed by atoms with van der Waals surface area (Å²) in [5, 5.41) is 9.18. The highest BCUT2D eigenvalue weighted by molar-refractivity contribution is 7.98. The Labute approximate surface area is 117 Å². The van der Waals surface area contributed by atoms with Crippen LogP contribution in [0.15, 0.2) is 41.3 Å². The van der Waals surface area contributed by atoms with Gasteiger partial charge in [-0.15, -0.1) is 11.8 Å². The molecular formula is C16H13NOS. The summed E-state index contributed by atoms with van der Waals surface area (Å²) in [5.41, 5.74) is 4.43. The second-order valence-electron chi connectivity index (χ2n) is 4.47. The Bertz CT molecular complexity index is 673. The fourth-order valence-electron chi connectivity index (χ4n) is 2.45. The van der Waals surface area contributed by atoms with E-state index in [9.17, 15) is 5.26 Å². The third kappa shape index (κ3) is 2.09. The largest absolute Gasteiger partial charge is 0.495 e. The van der Waals surface area contributed by atoms with Crippen LogP contribution in [0.5, 0.6) is 5.75 Å². The lowest BCUT2D eigenvalue weighted by Gasteiger charge is -2.12. The number of ether oxygens (including phenoxy) is 1. The first-order valence-corrected chi connectivity index (χ1v) is 7.11. The summed E-state index contributed by atoms with van der Waals surface area (Å²) in [6.45, 7) is 0. The highest BCUT2D eigenvalue weighted by Gasteiger charge is 2.19. The summed E-state index contributed by atoms with van der Waals surface area (Å²) in [4.78, 5) is 1.21. The number of nitriles is 1. The molecule has 0 saturated heterocycles. The molecule has 2 aromatic carbocycles. The van der Waals surface area contributed by atoms with Crippen LogP contribution < -0.4 is 4.74 Å². The average molecular weight is 267 g/mol. The Morgan fingerprint density at radius 2 is 1.95 bits per heavy atom. The Morgan fingerprint density at radius 1 is 1.16 bits per heavy atom. The second-order valence-corrected chi connectivity index (χ2v) is 5.49. The van der Waals surface area contributed by atoms with Gasteiger partial charge < -0.3 is 4.74 Å². The molecule has 3 heteroatoms. The fraction of sp³-hybridized carbons (Fsp3) is 0.188. The van der Waals surface area contributed by atoms with Crippen molar-refractivity contribution in [1.29, 1.82) is 5.26 Å². The quantitative estimate of drug-likeness (QED) is 0.788. The summed E-state index contributed by atoms with van der Waals surface area (Å²) in [6.07, 6.45) is 0.831. The normalized spacial score (nSPS) is 12.8. The average Bonchev–Trinajstić information content (AvgIpc) is 2.65. The van der Waals surface area contributed by atoms with Gasteiger partial charge in [0.2, 0.25) is 0 Å². The van der Waals surface area contributed by atoms with Crippen LogP contribution in [0.2, 0.25) is 0 Å². The van der Waals surface area contributed by atoms with Crippen molar-refractivity contribution in [2.75, 3.05) is 7.11 Å². The molecule has 0 atom stereocenters. The molecule has 0 aromatic heterocycles. The monoisotopic (exact) mass is 267 g/mol. The van der Waals surface area contributed by atoms with E-state index in [4.69, 9.17) is 4.74 Å². The lowest BCUT2D eigenvalue weighted by atomic mass is 9.98. The number of rotatable bonds is 1. The molecule has 0 amide bonds. The van der Waals surface area contributed by atoms with Gasteiger partial charge in [0, 0.05) is 22.6 Å². The number of fused-ring (bicyclic) bond motifs is 2. The van der Waals surface area contributed by atoms with Crippen LogP contribution in [0, 0.1) is 11.3 Å². The van der Waals surface area contributed by atoms with Gasteiger partial charge >= 0.3 is 0 Å². The molecule has 94 valence electrons. The molecule has 0 radical (unpaired) electrons. The van der Waals surface area contributed by atoms with Gasteiger partial charge in [0.25, 0.3) is 0 Å². The third-order valence-electron chi connectivity index (χ3n) is 3.41. The first kappa shape index (κ1) is 12.1. The van der Waals surface area contributed by atoms with Crippen molar-refractivity contribution in [3.05, 3.63) is 58.7 Å². The minimum Gasteiger partial charge on any atom is -0.495 e. The predicted molar refractivity (Wildman–Crippen MR) is 76.5 cm³/mol. The molecule has 0 saturated carbocycles. The van der Waals surface area contributed by atoms with Crippen molar-refractivity contribution < 1.29 is 4.74 Å². The summed E-state index contributed by atoms with van der Waals surface area (Å²) in [6, 6.07) is 14.6. The maximum Gasteiger partial charge on any atom is 0.141 e. The predicted octanol–water partition coefficient (Wildman–Crippen LogP) is 3.76. The highest BCUT2D eigenvalue weighted by atomic mass is 32.2. The molecule has 2 nitrogen and oxygen atoms in total. The Kier molecular flexibility index (Phi) is 3.18. The van der Waals surface area contributed by atoms with E-state index in [0.29, 0.717) is 5.56 Å². The number of benzene rings is 2. The van der Waals surface area contributed by atoms with E-state index in [2.05, 4.69) is 30.3 Å². The van der Waals surface area contributed by atoms with E-state index in [-0.39, 0.29) is 0 Å². The number of hydrogen-bond acceptors (Lipinski definition) is 3. The van der Waals surface area contributed by atoms with Gasteiger partial charge in [-0.2, -0.15) is 5.26 Å². The molecule has 0 aliphatic carbocycles. The van der Waals surface area contributed by atoms with Crippen LogP contribution in [-0.2, 0) is 12.2 Å². The molecule has 0 N–H and O–H groups in total. The Hall–Kier alpha value is -1.92. The molecular weight excluding hydrogens is 254 g/mol. The smallest absolute Gasteiger partial charge is 0.141 e. The van der Waals surface area contributed by atoms with Gasteiger partial charge in [0.05, 0.1) is 12.7 Å². The van der Waals surface area contributed by atoms with Crippen LogP contribution in [0.25, 0.3) is 0 Å². The second kappa shape index (κ2) is 4.99. The van der Waals surface area contributed by atoms with E-state index in [1.807, 2.05) is 23.9 Å². The Morgan fingerprint density at radius 3 is 2.68 bits per heavy atom. The van der Waals surface area contributed by atoms with Crippen LogP contribution in [0.3, 0.4) is 0 Å². The molecule has 0 bridgehead atoms. The van der Waals surface area contributed by atoms with Crippen molar-refractivity contribution in [3.63, 3.8) is 0 Å². The summed E-state index contributed by atoms with van der Waals surface area (Å²) < 4.78 is 5.47.